The van der Waals surface area contributed by atoms with Crippen LogP contribution < -0.4 is 20.3 Å². The van der Waals surface area contributed by atoms with E-state index in [2.05, 4.69) is 10.4 Å². The van der Waals surface area contributed by atoms with Gasteiger partial charge >= 0.3 is 0 Å². The number of amides is 1. The maximum Gasteiger partial charge on any atom is 0.267 e. The van der Waals surface area contributed by atoms with E-state index in [4.69, 9.17) is 9.47 Å². The van der Waals surface area contributed by atoms with Crippen LogP contribution in [-0.2, 0) is 4.79 Å². The fourth-order valence-electron chi connectivity index (χ4n) is 2.96. The van der Waals surface area contributed by atoms with Gasteiger partial charge in [0.15, 0.2) is 0 Å². The Morgan fingerprint density at radius 1 is 1.03 bits per heavy atom. The molecule has 3 aromatic rings. The topological polar surface area (TPSA) is 82.4 Å². The molecule has 7 heteroatoms. The second-order valence-corrected chi connectivity index (χ2v) is 6.38. The van der Waals surface area contributed by atoms with Gasteiger partial charge in [0.1, 0.15) is 17.5 Å². The molecule has 1 atom stereocenters. The predicted octanol–water partition coefficient (Wildman–Crippen LogP) is 3.52. The van der Waals surface area contributed by atoms with Gasteiger partial charge in [-0.2, -0.15) is 5.10 Å². The minimum absolute atomic E-state index is 0.317. The van der Waals surface area contributed by atoms with Crippen LogP contribution in [0.3, 0.4) is 0 Å². The molecule has 1 amide bonds. The average Bonchev–Trinajstić information content (AvgIpc) is 2.75. The van der Waals surface area contributed by atoms with Crippen molar-refractivity contribution in [2.45, 2.75) is 19.4 Å². The van der Waals surface area contributed by atoms with E-state index >= 15 is 0 Å². The minimum Gasteiger partial charge on any atom is -0.497 e. The molecule has 0 bridgehead atoms. The van der Waals surface area contributed by atoms with Crippen molar-refractivity contribution in [1.82, 2.24) is 9.78 Å². The molecule has 0 spiro atoms. The molecule has 0 aliphatic heterocycles. The van der Waals surface area contributed by atoms with Gasteiger partial charge in [0.25, 0.3) is 5.56 Å². The van der Waals surface area contributed by atoms with Gasteiger partial charge in [0, 0.05) is 23.4 Å². The van der Waals surface area contributed by atoms with Crippen LogP contribution in [-0.4, -0.2) is 29.9 Å². The first-order valence-corrected chi connectivity index (χ1v) is 9.25. The normalized spacial score (nSPS) is 11.6. The molecule has 1 aromatic heterocycles. The highest BCUT2D eigenvalue weighted by Gasteiger charge is 2.21. The number of hydrogen-bond donors (Lipinski definition) is 1. The van der Waals surface area contributed by atoms with Crippen molar-refractivity contribution in [2.24, 2.45) is 0 Å². The largest absolute Gasteiger partial charge is 0.497 e. The molecule has 0 saturated carbocycles. The molecule has 0 saturated heterocycles. The Bertz CT molecular complexity index is 1040. The number of anilines is 1. The van der Waals surface area contributed by atoms with E-state index in [9.17, 15) is 9.59 Å². The van der Waals surface area contributed by atoms with Crippen LogP contribution in [0.15, 0.2) is 65.5 Å². The first-order chi connectivity index (χ1) is 14.0. The number of benzene rings is 2. The monoisotopic (exact) mass is 393 g/mol. The number of nitrogens with zero attached hydrogens (tertiary/aromatic N) is 2. The summed E-state index contributed by atoms with van der Waals surface area (Å²) in [4.78, 5) is 25.3. The van der Waals surface area contributed by atoms with Crippen LogP contribution in [0.5, 0.6) is 11.5 Å². The Hall–Kier alpha value is -3.61. The van der Waals surface area contributed by atoms with Gasteiger partial charge in [-0.3, -0.25) is 9.59 Å². The number of aromatic nitrogens is 2. The molecule has 7 nitrogen and oxygen atoms in total. The molecule has 150 valence electrons. The van der Waals surface area contributed by atoms with Crippen molar-refractivity contribution in [3.05, 3.63) is 71.0 Å². The van der Waals surface area contributed by atoms with Crippen molar-refractivity contribution in [3.8, 4) is 22.8 Å². The van der Waals surface area contributed by atoms with E-state index in [-0.39, 0.29) is 11.5 Å². The summed E-state index contributed by atoms with van der Waals surface area (Å²) < 4.78 is 11.6. The molecule has 1 N–H and O–H groups in total. The summed E-state index contributed by atoms with van der Waals surface area (Å²) in [6, 6.07) is 16.7. The van der Waals surface area contributed by atoms with Crippen molar-refractivity contribution in [2.75, 3.05) is 19.5 Å². The highest BCUT2D eigenvalue weighted by atomic mass is 16.5. The molecular formula is C22H23N3O4. The Morgan fingerprint density at radius 2 is 1.76 bits per heavy atom. The average molecular weight is 393 g/mol. The lowest BCUT2D eigenvalue weighted by Crippen LogP contribution is -2.34. The number of ether oxygens (including phenoxy) is 2. The van der Waals surface area contributed by atoms with E-state index < -0.39 is 6.04 Å². The highest BCUT2D eigenvalue weighted by molar-refractivity contribution is 5.93. The third-order valence-electron chi connectivity index (χ3n) is 4.53. The second-order valence-electron chi connectivity index (χ2n) is 6.38. The van der Waals surface area contributed by atoms with E-state index in [1.807, 2.05) is 31.2 Å². The number of carbonyl (C=O) groups excluding carboxylic acids is 1. The fraction of sp³-hybridized carbons (Fsp3) is 0.227. The summed E-state index contributed by atoms with van der Waals surface area (Å²) in [7, 11) is 3.16. The van der Waals surface area contributed by atoms with Gasteiger partial charge in [-0.25, -0.2) is 4.68 Å². The van der Waals surface area contributed by atoms with E-state index in [1.165, 1.54) is 10.7 Å². The van der Waals surface area contributed by atoms with Gasteiger partial charge in [-0.05, 0) is 48.9 Å². The highest BCUT2D eigenvalue weighted by Crippen LogP contribution is 2.22. The fourth-order valence-corrected chi connectivity index (χ4v) is 2.96. The Morgan fingerprint density at radius 3 is 2.41 bits per heavy atom. The van der Waals surface area contributed by atoms with Crippen molar-refractivity contribution < 1.29 is 14.3 Å². The van der Waals surface area contributed by atoms with E-state index in [0.29, 0.717) is 23.6 Å². The van der Waals surface area contributed by atoms with Crippen LogP contribution in [0.2, 0.25) is 0 Å². The molecule has 1 heterocycles. The summed E-state index contributed by atoms with van der Waals surface area (Å²) in [6.07, 6.45) is 0.411. The number of carbonyl (C=O) groups is 1. The zero-order chi connectivity index (χ0) is 20.8. The zero-order valence-electron chi connectivity index (χ0n) is 16.6. The summed E-state index contributed by atoms with van der Waals surface area (Å²) in [5, 5.41) is 7.28. The third kappa shape index (κ3) is 4.63. The summed E-state index contributed by atoms with van der Waals surface area (Å²) >= 11 is 0. The van der Waals surface area contributed by atoms with Gasteiger partial charge in [-0.15, -0.1) is 0 Å². The Balaban J connectivity index is 1.89. The van der Waals surface area contributed by atoms with Crippen LogP contribution >= 0.6 is 0 Å². The standard InChI is InChI=1S/C22H23N3O4/c1-4-20(22(27)23-16-6-5-7-18(14-16)29-3)25-21(26)13-12-19(24-25)15-8-10-17(28-2)11-9-15/h5-14,20H,4H2,1-3H3,(H,23,27). The Labute approximate surface area is 168 Å². The van der Waals surface area contributed by atoms with Crippen molar-refractivity contribution >= 4 is 11.6 Å². The van der Waals surface area contributed by atoms with Crippen LogP contribution in [0.1, 0.15) is 19.4 Å². The molecule has 0 fully saturated rings. The van der Waals surface area contributed by atoms with Crippen molar-refractivity contribution in [3.63, 3.8) is 0 Å². The summed E-state index contributed by atoms with van der Waals surface area (Å²) in [5.74, 6) is 1.04. The Kier molecular flexibility index (Phi) is 6.29. The maximum atomic E-state index is 12.9. The van der Waals surface area contributed by atoms with Gasteiger partial charge < -0.3 is 14.8 Å². The molecular weight excluding hydrogens is 370 g/mol. The van der Waals surface area contributed by atoms with E-state index in [1.54, 1.807) is 44.6 Å². The molecule has 29 heavy (non-hydrogen) atoms. The number of rotatable bonds is 7. The molecule has 0 radical (unpaired) electrons. The molecule has 3 rings (SSSR count). The number of nitrogens with one attached hydrogen (secondary N) is 1. The zero-order valence-corrected chi connectivity index (χ0v) is 16.6. The van der Waals surface area contributed by atoms with Gasteiger partial charge in [0.05, 0.1) is 19.9 Å². The molecule has 0 aliphatic carbocycles. The maximum absolute atomic E-state index is 12.9. The lowest BCUT2D eigenvalue weighted by Gasteiger charge is -2.18. The van der Waals surface area contributed by atoms with Crippen LogP contribution in [0.4, 0.5) is 5.69 Å². The summed E-state index contributed by atoms with van der Waals surface area (Å²) in [5.41, 5.74) is 1.67. The lowest BCUT2D eigenvalue weighted by atomic mass is 10.1. The van der Waals surface area contributed by atoms with E-state index in [0.717, 1.165) is 11.3 Å². The van der Waals surface area contributed by atoms with Gasteiger partial charge in [-0.1, -0.05) is 13.0 Å². The first-order valence-electron chi connectivity index (χ1n) is 9.25. The molecule has 1 unspecified atom stereocenters. The number of hydrogen-bond acceptors (Lipinski definition) is 5. The third-order valence-corrected chi connectivity index (χ3v) is 4.53. The van der Waals surface area contributed by atoms with Crippen LogP contribution in [0.25, 0.3) is 11.3 Å². The first kappa shape index (κ1) is 20.1. The van der Waals surface area contributed by atoms with Gasteiger partial charge in [0.2, 0.25) is 5.91 Å². The quantitative estimate of drug-likeness (QED) is 0.664. The smallest absolute Gasteiger partial charge is 0.267 e. The lowest BCUT2D eigenvalue weighted by molar-refractivity contribution is -0.119. The minimum atomic E-state index is -0.744. The van der Waals surface area contributed by atoms with Crippen LogP contribution in [0, 0.1) is 0 Å². The molecule has 2 aromatic carbocycles. The van der Waals surface area contributed by atoms with Crippen molar-refractivity contribution in [1.29, 1.82) is 0 Å². The predicted molar refractivity (Wildman–Crippen MR) is 111 cm³/mol. The second kappa shape index (κ2) is 9.05. The molecule has 0 aliphatic rings. The number of methoxy groups -OCH3 is 2. The summed E-state index contributed by atoms with van der Waals surface area (Å²) in [6.45, 7) is 1.84. The SMILES string of the molecule is CCC(C(=O)Nc1cccc(OC)c1)n1nc(-c2ccc(OC)cc2)ccc1=O.